The number of hydrogen-bond donors (Lipinski definition) is 1. The topological polar surface area (TPSA) is 51.0 Å². The number of hydrogen-bond acceptors (Lipinski definition) is 4. The van der Waals surface area contributed by atoms with E-state index in [-0.39, 0.29) is 6.04 Å². The van der Waals surface area contributed by atoms with E-state index in [0.717, 1.165) is 30.7 Å². The van der Waals surface area contributed by atoms with Crippen molar-refractivity contribution < 1.29 is 4.42 Å². The quantitative estimate of drug-likeness (QED) is 0.833. The number of aromatic nitrogens is 2. The molecule has 16 heavy (non-hydrogen) atoms. The Morgan fingerprint density at radius 3 is 2.81 bits per heavy atom. The van der Waals surface area contributed by atoms with E-state index in [2.05, 4.69) is 29.4 Å². The van der Waals surface area contributed by atoms with Crippen LogP contribution in [0.15, 0.2) is 4.42 Å². The zero-order valence-corrected chi connectivity index (χ0v) is 10.2. The van der Waals surface area contributed by atoms with Gasteiger partial charge in [0.2, 0.25) is 11.8 Å². The van der Waals surface area contributed by atoms with Crippen LogP contribution in [0.2, 0.25) is 0 Å². The molecule has 0 spiro atoms. The van der Waals surface area contributed by atoms with E-state index in [1.165, 1.54) is 25.7 Å². The van der Waals surface area contributed by atoms with Crippen LogP contribution < -0.4 is 5.32 Å². The molecule has 1 aromatic heterocycles. The maximum absolute atomic E-state index is 5.68. The van der Waals surface area contributed by atoms with E-state index in [9.17, 15) is 0 Å². The SMILES string of the molecule is CCNC(C)c1nnc(CC2CCCC2)o1. The molecule has 2 rings (SSSR count). The molecule has 0 amide bonds. The van der Waals surface area contributed by atoms with Crippen LogP contribution in [0.4, 0.5) is 0 Å². The average Bonchev–Trinajstić information content (AvgIpc) is 2.90. The van der Waals surface area contributed by atoms with Crippen molar-refractivity contribution in [3.8, 4) is 0 Å². The monoisotopic (exact) mass is 223 g/mol. The van der Waals surface area contributed by atoms with E-state index >= 15 is 0 Å². The van der Waals surface area contributed by atoms with E-state index < -0.39 is 0 Å². The van der Waals surface area contributed by atoms with Gasteiger partial charge in [0.05, 0.1) is 6.04 Å². The molecule has 0 aromatic carbocycles. The predicted molar refractivity (Wildman–Crippen MR) is 62.1 cm³/mol. The average molecular weight is 223 g/mol. The number of rotatable bonds is 5. The molecule has 0 bridgehead atoms. The molecule has 1 unspecified atom stereocenters. The van der Waals surface area contributed by atoms with Gasteiger partial charge in [-0.05, 0) is 32.2 Å². The molecular formula is C12H21N3O. The summed E-state index contributed by atoms with van der Waals surface area (Å²) in [5, 5.41) is 11.5. The standard InChI is InChI=1S/C12H21N3O/c1-3-13-9(2)12-15-14-11(16-12)8-10-6-4-5-7-10/h9-10,13H,3-8H2,1-2H3. The summed E-state index contributed by atoms with van der Waals surface area (Å²) in [4.78, 5) is 0. The summed E-state index contributed by atoms with van der Waals surface area (Å²) in [7, 11) is 0. The summed E-state index contributed by atoms with van der Waals surface area (Å²) in [5.74, 6) is 2.30. The van der Waals surface area contributed by atoms with Gasteiger partial charge < -0.3 is 9.73 Å². The molecule has 1 N–H and O–H groups in total. The van der Waals surface area contributed by atoms with Crippen LogP contribution in [0, 0.1) is 5.92 Å². The second-order valence-electron chi connectivity index (χ2n) is 4.67. The first-order valence-corrected chi connectivity index (χ1v) is 6.35. The molecule has 1 atom stereocenters. The first kappa shape index (κ1) is 11.6. The molecule has 0 saturated heterocycles. The predicted octanol–water partition coefficient (Wildman–Crippen LogP) is 2.47. The van der Waals surface area contributed by atoms with E-state index in [1.807, 2.05) is 0 Å². The van der Waals surface area contributed by atoms with Crippen LogP contribution in [0.5, 0.6) is 0 Å². The molecular weight excluding hydrogens is 202 g/mol. The Labute approximate surface area is 96.8 Å². The molecule has 0 radical (unpaired) electrons. The van der Waals surface area contributed by atoms with Crippen LogP contribution in [-0.4, -0.2) is 16.7 Å². The van der Waals surface area contributed by atoms with Crippen LogP contribution in [0.1, 0.15) is 57.4 Å². The summed E-state index contributed by atoms with van der Waals surface area (Å²) in [5.41, 5.74) is 0. The van der Waals surface area contributed by atoms with Crippen molar-refractivity contribution in [1.82, 2.24) is 15.5 Å². The second kappa shape index (κ2) is 5.43. The summed E-state index contributed by atoms with van der Waals surface area (Å²) in [6.07, 6.45) is 6.33. The summed E-state index contributed by atoms with van der Waals surface area (Å²) >= 11 is 0. The summed E-state index contributed by atoms with van der Waals surface area (Å²) in [6, 6.07) is 0.162. The van der Waals surface area contributed by atoms with Crippen LogP contribution in [0.25, 0.3) is 0 Å². The van der Waals surface area contributed by atoms with Gasteiger partial charge in [-0.25, -0.2) is 0 Å². The summed E-state index contributed by atoms with van der Waals surface area (Å²) in [6.45, 7) is 5.05. The lowest BCUT2D eigenvalue weighted by Gasteiger charge is -2.06. The lowest BCUT2D eigenvalue weighted by Crippen LogP contribution is -2.17. The van der Waals surface area contributed by atoms with Gasteiger partial charge in [0.25, 0.3) is 0 Å². The Morgan fingerprint density at radius 2 is 2.12 bits per heavy atom. The van der Waals surface area contributed by atoms with Gasteiger partial charge in [0, 0.05) is 6.42 Å². The Bertz CT molecular complexity index is 318. The highest BCUT2D eigenvalue weighted by atomic mass is 16.4. The molecule has 1 aliphatic carbocycles. The van der Waals surface area contributed by atoms with Crippen molar-refractivity contribution in [3.05, 3.63) is 11.8 Å². The van der Waals surface area contributed by atoms with Crippen molar-refractivity contribution in [2.24, 2.45) is 5.92 Å². The third kappa shape index (κ3) is 2.82. The molecule has 4 nitrogen and oxygen atoms in total. The van der Waals surface area contributed by atoms with Gasteiger partial charge in [0.1, 0.15) is 0 Å². The largest absolute Gasteiger partial charge is 0.424 e. The normalized spacial score (nSPS) is 19.1. The molecule has 1 aromatic rings. The molecule has 4 heteroatoms. The Kier molecular flexibility index (Phi) is 3.93. The van der Waals surface area contributed by atoms with Crippen molar-refractivity contribution in [2.75, 3.05) is 6.54 Å². The van der Waals surface area contributed by atoms with E-state index in [0.29, 0.717) is 0 Å². The highest BCUT2D eigenvalue weighted by Crippen LogP contribution is 2.27. The van der Waals surface area contributed by atoms with Gasteiger partial charge in [-0.3, -0.25) is 0 Å². The van der Waals surface area contributed by atoms with Gasteiger partial charge in [-0.15, -0.1) is 10.2 Å². The minimum atomic E-state index is 0.162. The lowest BCUT2D eigenvalue weighted by atomic mass is 10.0. The third-order valence-electron chi connectivity index (χ3n) is 3.30. The first-order chi connectivity index (χ1) is 7.79. The first-order valence-electron chi connectivity index (χ1n) is 6.35. The molecule has 1 fully saturated rings. The van der Waals surface area contributed by atoms with Crippen LogP contribution >= 0.6 is 0 Å². The van der Waals surface area contributed by atoms with Gasteiger partial charge in [-0.1, -0.05) is 19.8 Å². The fourth-order valence-electron chi connectivity index (χ4n) is 2.38. The molecule has 1 saturated carbocycles. The van der Waals surface area contributed by atoms with Crippen LogP contribution in [-0.2, 0) is 6.42 Å². The number of nitrogens with one attached hydrogen (secondary N) is 1. The Morgan fingerprint density at radius 1 is 1.38 bits per heavy atom. The smallest absolute Gasteiger partial charge is 0.233 e. The zero-order chi connectivity index (χ0) is 11.4. The second-order valence-corrected chi connectivity index (χ2v) is 4.67. The molecule has 0 aliphatic heterocycles. The highest BCUT2D eigenvalue weighted by Gasteiger charge is 2.19. The van der Waals surface area contributed by atoms with E-state index in [1.54, 1.807) is 0 Å². The minimum Gasteiger partial charge on any atom is -0.424 e. The zero-order valence-electron chi connectivity index (χ0n) is 10.2. The molecule has 1 heterocycles. The maximum Gasteiger partial charge on any atom is 0.233 e. The van der Waals surface area contributed by atoms with Gasteiger partial charge in [0.15, 0.2) is 0 Å². The van der Waals surface area contributed by atoms with Crippen molar-refractivity contribution >= 4 is 0 Å². The highest BCUT2D eigenvalue weighted by molar-refractivity contribution is 4.89. The fraction of sp³-hybridized carbons (Fsp3) is 0.833. The fourth-order valence-corrected chi connectivity index (χ4v) is 2.38. The Hall–Kier alpha value is -0.900. The van der Waals surface area contributed by atoms with E-state index in [4.69, 9.17) is 4.42 Å². The maximum atomic E-state index is 5.68. The molecule has 1 aliphatic rings. The number of nitrogens with zero attached hydrogens (tertiary/aromatic N) is 2. The minimum absolute atomic E-state index is 0.162. The van der Waals surface area contributed by atoms with Gasteiger partial charge >= 0.3 is 0 Å². The third-order valence-corrected chi connectivity index (χ3v) is 3.30. The Balaban J connectivity index is 1.90. The lowest BCUT2D eigenvalue weighted by molar-refractivity contribution is 0.375. The summed E-state index contributed by atoms with van der Waals surface area (Å²) < 4.78 is 5.68. The molecule has 90 valence electrons. The van der Waals surface area contributed by atoms with Crippen molar-refractivity contribution in [1.29, 1.82) is 0 Å². The van der Waals surface area contributed by atoms with Crippen molar-refractivity contribution in [3.63, 3.8) is 0 Å². The van der Waals surface area contributed by atoms with Crippen molar-refractivity contribution in [2.45, 2.75) is 52.0 Å². The van der Waals surface area contributed by atoms with Gasteiger partial charge in [-0.2, -0.15) is 0 Å². The van der Waals surface area contributed by atoms with Crippen LogP contribution in [0.3, 0.4) is 0 Å².